The Morgan fingerprint density at radius 1 is 0.635 bits per heavy atom. The molecular formula is C59H63N3O. The molecule has 0 radical (unpaired) electrons. The zero-order chi connectivity index (χ0) is 44.1. The Morgan fingerprint density at radius 3 is 1.97 bits per heavy atom. The number of para-hydroxylation sites is 3. The number of hydrogen-bond acceptors (Lipinski definition) is 4. The van der Waals surface area contributed by atoms with Gasteiger partial charge < -0.3 is 20.7 Å². The van der Waals surface area contributed by atoms with Crippen LogP contribution in [0.3, 0.4) is 0 Å². The van der Waals surface area contributed by atoms with Crippen molar-refractivity contribution >= 4 is 46.1 Å². The molecule has 0 saturated carbocycles. The number of ether oxygens (including phenoxy) is 1. The number of hydrogen-bond donors (Lipinski definition) is 3. The van der Waals surface area contributed by atoms with E-state index in [1.165, 1.54) is 79.8 Å². The minimum atomic E-state index is 0.0366. The van der Waals surface area contributed by atoms with Crippen LogP contribution in [0, 0.1) is 0 Å². The van der Waals surface area contributed by atoms with Crippen molar-refractivity contribution in [3.63, 3.8) is 0 Å². The molecule has 0 amide bonds. The fourth-order valence-electron chi connectivity index (χ4n) is 8.61. The maximum atomic E-state index is 6.23. The third-order valence-corrected chi connectivity index (χ3v) is 11.9. The first-order chi connectivity index (χ1) is 31.0. The molecule has 63 heavy (non-hydrogen) atoms. The van der Waals surface area contributed by atoms with Gasteiger partial charge in [-0.25, -0.2) is 0 Å². The molecule has 0 fully saturated rings. The van der Waals surface area contributed by atoms with E-state index in [4.69, 9.17) is 4.74 Å². The van der Waals surface area contributed by atoms with Crippen molar-refractivity contribution in [1.29, 1.82) is 0 Å². The van der Waals surface area contributed by atoms with Gasteiger partial charge >= 0.3 is 0 Å². The van der Waals surface area contributed by atoms with Crippen molar-refractivity contribution < 1.29 is 4.74 Å². The standard InChI is InChI=1S/C45H41N3O.C10H10.2C2H6/c1-4-31-12-6-10-19-43(31)49-30(3)32-20-22-34(23-21-32)39-28-40(44(46-29(39)2)38-16-11-14-33-13-5-7-15-37(33)38)35-24-26-36(27-25-35)45-47-41-17-8-9-18-42(41)48-45;1-2-6-10-8-4-3-7-9(10)5-1;2*1-2/h6-12,14-29,45-48H,3-5,13H2,1-2H3;1-3,5-7H,4,8H2;2*1-2H3. The molecule has 0 bridgehead atoms. The second-order valence-corrected chi connectivity index (χ2v) is 15.7. The predicted octanol–water partition coefficient (Wildman–Crippen LogP) is 15.4. The normalized spacial score (nSPS) is 15.4. The SMILES string of the molecule is C1=Cc2ccccc2CC1.C=C(Oc1ccccc1CC)c1ccc(C2=CC(c3ccc(C4Nc5ccccc5N4)cc3)=C(c3cccc4c3C=CCC4)NC2C)cc1.CC.CC. The quantitative estimate of drug-likeness (QED) is 0.134. The van der Waals surface area contributed by atoms with Crippen molar-refractivity contribution in [1.82, 2.24) is 5.32 Å². The van der Waals surface area contributed by atoms with Crippen LogP contribution in [-0.4, -0.2) is 6.04 Å². The fourth-order valence-corrected chi connectivity index (χ4v) is 8.61. The largest absolute Gasteiger partial charge is 0.457 e. The van der Waals surface area contributed by atoms with Gasteiger partial charge in [0.2, 0.25) is 0 Å². The molecule has 6 aromatic carbocycles. The predicted molar refractivity (Wildman–Crippen MR) is 272 cm³/mol. The Hall–Kier alpha value is -6.78. The zero-order valence-corrected chi connectivity index (χ0v) is 38.0. The molecule has 320 valence electrons. The lowest BCUT2D eigenvalue weighted by molar-refractivity contribution is 0.510. The second-order valence-electron chi connectivity index (χ2n) is 15.7. The molecule has 4 aliphatic rings. The van der Waals surface area contributed by atoms with E-state index in [1.54, 1.807) is 0 Å². The maximum Gasteiger partial charge on any atom is 0.130 e. The minimum absolute atomic E-state index is 0.0366. The molecule has 2 aliphatic carbocycles. The van der Waals surface area contributed by atoms with Gasteiger partial charge in [0, 0.05) is 22.7 Å². The molecular weight excluding hydrogens is 767 g/mol. The van der Waals surface area contributed by atoms with Gasteiger partial charge in [-0.05, 0) is 113 Å². The van der Waals surface area contributed by atoms with Crippen molar-refractivity contribution in [2.75, 3.05) is 10.6 Å². The van der Waals surface area contributed by atoms with Crippen LogP contribution in [0.25, 0.3) is 34.8 Å². The monoisotopic (exact) mass is 829 g/mol. The number of aryl methyl sites for hydroxylation is 3. The van der Waals surface area contributed by atoms with Gasteiger partial charge in [-0.15, -0.1) is 0 Å². The van der Waals surface area contributed by atoms with E-state index in [0.29, 0.717) is 5.76 Å². The summed E-state index contributed by atoms with van der Waals surface area (Å²) in [4.78, 5) is 0. The van der Waals surface area contributed by atoms with Crippen molar-refractivity contribution in [3.05, 3.63) is 220 Å². The molecule has 2 heterocycles. The van der Waals surface area contributed by atoms with Crippen molar-refractivity contribution in [2.45, 2.75) is 85.9 Å². The van der Waals surface area contributed by atoms with Crippen LogP contribution < -0.4 is 20.7 Å². The van der Waals surface area contributed by atoms with Gasteiger partial charge in [0.05, 0.1) is 17.1 Å². The van der Waals surface area contributed by atoms with Crippen LogP contribution in [0.5, 0.6) is 5.75 Å². The zero-order valence-electron chi connectivity index (χ0n) is 38.0. The molecule has 1 unspecified atom stereocenters. The van der Waals surface area contributed by atoms with E-state index in [2.05, 4.69) is 188 Å². The van der Waals surface area contributed by atoms with Crippen LogP contribution in [0.1, 0.15) is 116 Å². The molecule has 0 saturated heterocycles. The Labute approximate surface area is 376 Å². The van der Waals surface area contributed by atoms with Gasteiger partial charge in [-0.3, -0.25) is 0 Å². The average molecular weight is 830 g/mol. The van der Waals surface area contributed by atoms with Crippen LogP contribution in [-0.2, 0) is 19.3 Å². The average Bonchev–Trinajstić information content (AvgIpc) is 3.80. The third kappa shape index (κ3) is 10.1. The number of benzene rings is 6. The molecule has 4 heteroatoms. The van der Waals surface area contributed by atoms with E-state index in [-0.39, 0.29) is 12.2 Å². The van der Waals surface area contributed by atoms with Gasteiger partial charge in [0.1, 0.15) is 17.7 Å². The topological polar surface area (TPSA) is 45.3 Å². The highest BCUT2D eigenvalue weighted by Crippen LogP contribution is 2.40. The summed E-state index contributed by atoms with van der Waals surface area (Å²) >= 11 is 0. The maximum absolute atomic E-state index is 6.23. The second kappa shape index (κ2) is 21.3. The van der Waals surface area contributed by atoms with Crippen molar-refractivity contribution in [3.8, 4) is 5.75 Å². The number of rotatable bonds is 8. The third-order valence-electron chi connectivity index (χ3n) is 11.9. The first-order valence-electron chi connectivity index (χ1n) is 23.1. The molecule has 0 spiro atoms. The van der Waals surface area contributed by atoms with Crippen LogP contribution in [0.4, 0.5) is 11.4 Å². The summed E-state index contributed by atoms with van der Waals surface area (Å²) in [6.07, 6.45) is 17.0. The lowest BCUT2D eigenvalue weighted by atomic mass is 9.85. The Morgan fingerprint density at radius 2 is 1.25 bits per heavy atom. The Balaban J connectivity index is 0.000000366. The van der Waals surface area contributed by atoms with E-state index in [1.807, 2.05) is 45.9 Å². The molecule has 1 atom stereocenters. The molecule has 2 aliphatic heterocycles. The van der Waals surface area contributed by atoms with Gasteiger partial charge in [0.15, 0.2) is 0 Å². The van der Waals surface area contributed by atoms with Crippen molar-refractivity contribution in [2.24, 2.45) is 0 Å². The molecule has 3 N–H and O–H groups in total. The van der Waals surface area contributed by atoms with Gasteiger partial charge in [0.25, 0.3) is 0 Å². The van der Waals surface area contributed by atoms with Crippen LogP contribution >= 0.6 is 0 Å². The van der Waals surface area contributed by atoms with E-state index in [0.717, 1.165) is 42.0 Å². The number of fused-ring (bicyclic) bond motifs is 3. The van der Waals surface area contributed by atoms with Gasteiger partial charge in [-0.1, -0.05) is 187 Å². The summed E-state index contributed by atoms with van der Waals surface area (Å²) in [7, 11) is 0. The van der Waals surface area contributed by atoms with E-state index in [9.17, 15) is 0 Å². The highest BCUT2D eigenvalue weighted by atomic mass is 16.5. The summed E-state index contributed by atoms with van der Waals surface area (Å²) in [5.41, 5.74) is 18.4. The lowest BCUT2D eigenvalue weighted by Gasteiger charge is -2.30. The smallest absolute Gasteiger partial charge is 0.130 e. The number of nitrogens with one attached hydrogen (secondary N) is 3. The first-order valence-corrected chi connectivity index (χ1v) is 23.1. The summed E-state index contributed by atoms with van der Waals surface area (Å²) in [6.45, 7) is 16.7. The van der Waals surface area contributed by atoms with Crippen LogP contribution in [0.15, 0.2) is 164 Å². The fraction of sp³-hybridized carbons (Fsp3) is 0.220. The van der Waals surface area contributed by atoms with E-state index >= 15 is 0 Å². The summed E-state index contributed by atoms with van der Waals surface area (Å²) < 4.78 is 6.23. The first kappa shape index (κ1) is 44.3. The molecule has 0 aromatic heterocycles. The number of dihydropyridines is 1. The Kier molecular flexibility index (Phi) is 15.0. The highest BCUT2D eigenvalue weighted by Gasteiger charge is 2.26. The van der Waals surface area contributed by atoms with Gasteiger partial charge in [-0.2, -0.15) is 0 Å². The summed E-state index contributed by atoms with van der Waals surface area (Å²) in [5, 5.41) is 11.2. The number of allylic oxidation sites excluding steroid dienone is 4. The summed E-state index contributed by atoms with van der Waals surface area (Å²) in [6, 6.07) is 49.5. The van der Waals surface area contributed by atoms with E-state index < -0.39 is 0 Å². The number of anilines is 2. The highest BCUT2D eigenvalue weighted by molar-refractivity contribution is 6.03. The molecule has 10 rings (SSSR count). The molecule has 4 nitrogen and oxygen atoms in total. The molecule has 6 aromatic rings. The minimum Gasteiger partial charge on any atom is -0.457 e. The Bertz CT molecular complexity index is 2600. The summed E-state index contributed by atoms with van der Waals surface area (Å²) in [5.74, 6) is 1.51. The van der Waals surface area contributed by atoms with Crippen LogP contribution in [0.2, 0.25) is 0 Å². The lowest BCUT2D eigenvalue weighted by Crippen LogP contribution is -2.30.